The van der Waals surface area contributed by atoms with Gasteiger partial charge in [0, 0.05) is 24.4 Å². The van der Waals surface area contributed by atoms with Crippen LogP contribution in [-0.4, -0.2) is 61.4 Å². The Morgan fingerprint density at radius 2 is 1.95 bits per heavy atom. The van der Waals surface area contributed by atoms with Crippen LogP contribution in [0.15, 0.2) is 0 Å². The molecule has 0 aromatic heterocycles. The summed E-state index contributed by atoms with van der Waals surface area (Å²) < 4.78 is 26.1. The summed E-state index contributed by atoms with van der Waals surface area (Å²) in [4.78, 5) is 1.29. The van der Waals surface area contributed by atoms with Gasteiger partial charge in [0.05, 0.1) is 5.92 Å². The first-order valence-electron chi connectivity index (χ1n) is 6.38. The molecule has 4 N–H and O–H groups in total. The summed E-state index contributed by atoms with van der Waals surface area (Å²) in [5.74, 6) is -7.25. The fourth-order valence-corrected chi connectivity index (χ4v) is 4.21. The molecule has 0 spiro atoms. The van der Waals surface area contributed by atoms with Gasteiger partial charge in [0.25, 0.3) is 5.92 Å². The van der Waals surface area contributed by atoms with Crippen molar-refractivity contribution in [1.29, 1.82) is 0 Å². The Morgan fingerprint density at radius 3 is 2.42 bits per heavy atom. The Balaban J connectivity index is 2.02. The molecule has 0 amide bonds. The normalized spacial score (nSPS) is 33.5. The third kappa shape index (κ3) is 3.06. The second kappa shape index (κ2) is 5.13. The monoisotopic (exact) mass is 299 g/mol. The Morgan fingerprint density at radius 1 is 1.37 bits per heavy atom. The summed E-state index contributed by atoms with van der Waals surface area (Å²) in [5, 5.41) is 38.1. The maximum absolute atomic E-state index is 13.0. The van der Waals surface area contributed by atoms with Gasteiger partial charge in [0.1, 0.15) is 0 Å². The van der Waals surface area contributed by atoms with E-state index < -0.39 is 36.1 Å². The van der Waals surface area contributed by atoms with Crippen molar-refractivity contribution in [2.24, 2.45) is 5.92 Å². The molecule has 2 aliphatic rings. The van der Waals surface area contributed by atoms with E-state index in [0.29, 0.717) is 19.4 Å². The molecule has 1 saturated carbocycles. The van der Waals surface area contributed by atoms with Crippen molar-refractivity contribution in [3.8, 4) is 0 Å². The number of hydrogen-bond acceptors (Lipinski definition) is 5. The Labute approximate surface area is 112 Å². The Bertz CT molecular complexity index is 343. The second-order valence-corrected chi connectivity index (χ2v) is 7.34. The largest absolute Gasteiger partial charge is 0.368 e. The highest BCUT2D eigenvalue weighted by atomic mass is 31.1. The maximum Gasteiger partial charge on any atom is 0.258 e. The lowest BCUT2D eigenvalue weighted by atomic mass is 10.2. The zero-order chi connectivity index (χ0) is 14.4. The number of hydrogen-bond donors (Lipinski definition) is 4. The Kier molecular flexibility index (Phi) is 4.18. The fraction of sp³-hybridized carbons (Fsp3) is 1.00. The molecule has 4 unspecified atom stereocenters. The summed E-state index contributed by atoms with van der Waals surface area (Å²) in [7, 11) is 0.0574. The van der Waals surface area contributed by atoms with Gasteiger partial charge < -0.3 is 20.4 Å². The first kappa shape index (κ1) is 15.5. The van der Waals surface area contributed by atoms with Crippen LogP contribution in [0, 0.1) is 5.92 Å². The molecule has 1 saturated heterocycles. The number of alkyl halides is 2. The van der Waals surface area contributed by atoms with Crippen LogP contribution in [0.25, 0.3) is 0 Å². The number of halogens is 2. The van der Waals surface area contributed by atoms with E-state index in [-0.39, 0.29) is 14.4 Å². The van der Waals surface area contributed by atoms with Gasteiger partial charge in [-0.25, -0.2) is 13.7 Å². The number of aliphatic hydroxyl groups excluding tert-OH is 1. The van der Waals surface area contributed by atoms with Gasteiger partial charge in [-0.2, -0.15) is 0 Å². The van der Waals surface area contributed by atoms with E-state index in [0.717, 1.165) is 0 Å². The lowest BCUT2D eigenvalue weighted by Crippen LogP contribution is -2.53. The van der Waals surface area contributed by atoms with E-state index in [2.05, 4.69) is 0 Å². The van der Waals surface area contributed by atoms with E-state index in [9.17, 15) is 19.0 Å². The van der Waals surface area contributed by atoms with Crippen LogP contribution in [0.1, 0.15) is 26.2 Å². The van der Waals surface area contributed by atoms with Gasteiger partial charge >= 0.3 is 0 Å². The highest BCUT2D eigenvalue weighted by molar-refractivity contribution is 7.39. The zero-order valence-electron chi connectivity index (χ0n) is 10.6. The number of aliphatic hydroxyl groups is 4. The van der Waals surface area contributed by atoms with Gasteiger partial charge in [-0.15, -0.1) is 0 Å². The highest BCUT2D eigenvalue weighted by Crippen LogP contribution is 2.56. The van der Waals surface area contributed by atoms with Crippen molar-refractivity contribution in [2.75, 3.05) is 6.54 Å². The molecule has 8 heteroatoms. The topological polar surface area (TPSA) is 84.2 Å². The summed E-state index contributed by atoms with van der Waals surface area (Å²) in [6, 6.07) is 0. The highest BCUT2D eigenvalue weighted by Gasteiger charge is 2.69. The standard InChI is InChI=1S/C11H20F2NO4P/c1-6(9(15)16)19-8-3-2-4-14(8)11(17,18)7-5-10(7,12)13/h6-9,15-19H,2-5H2,1H3. The predicted molar refractivity (Wildman–Crippen MR) is 66.0 cm³/mol. The number of nitrogens with zero attached hydrogens (tertiary/aromatic N) is 1. The molecule has 5 nitrogen and oxygen atoms in total. The van der Waals surface area contributed by atoms with E-state index >= 15 is 0 Å². The molecule has 0 radical (unpaired) electrons. The van der Waals surface area contributed by atoms with Crippen LogP contribution in [0.3, 0.4) is 0 Å². The molecule has 0 aromatic rings. The average molecular weight is 299 g/mol. The zero-order valence-corrected chi connectivity index (χ0v) is 11.6. The van der Waals surface area contributed by atoms with Crippen molar-refractivity contribution in [3.05, 3.63) is 0 Å². The molecular weight excluding hydrogens is 279 g/mol. The van der Waals surface area contributed by atoms with Crippen LogP contribution in [0.5, 0.6) is 0 Å². The summed E-state index contributed by atoms with van der Waals surface area (Å²) in [6.07, 6.45) is -0.649. The van der Waals surface area contributed by atoms with E-state index in [4.69, 9.17) is 10.2 Å². The second-order valence-electron chi connectivity index (χ2n) is 5.43. The Hall–Kier alpha value is 0.0900. The first-order valence-corrected chi connectivity index (χ1v) is 7.53. The average Bonchev–Trinajstić information content (AvgIpc) is 2.74. The van der Waals surface area contributed by atoms with Crippen LogP contribution >= 0.6 is 8.58 Å². The van der Waals surface area contributed by atoms with Crippen molar-refractivity contribution >= 4 is 8.58 Å². The number of likely N-dealkylation sites (tertiary alicyclic amines) is 1. The van der Waals surface area contributed by atoms with Crippen molar-refractivity contribution in [1.82, 2.24) is 4.90 Å². The van der Waals surface area contributed by atoms with Crippen molar-refractivity contribution in [2.45, 2.75) is 55.8 Å². The minimum Gasteiger partial charge on any atom is -0.368 e. The quantitative estimate of drug-likeness (QED) is 0.427. The third-order valence-corrected chi connectivity index (χ3v) is 5.68. The maximum atomic E-state index is 13.0. The summed E-state index contributed by atoms with van der Waals surface area (Å²) >= 11 is 0. The van der Waals surface area contributed by atoms with Gasteiger partial charge in [-0.05, 0) is 12.8 Å². The van der Waals surface area contributed by atoms with Crippen molar-refractivity contribution in [3.63, 3.8) is 0 Å². The lowest BCUT2D eigenvalue weighted by molar-refractivity contribution is -0.285. The lowest BCUT2D eigenvalue weighted by Gasteiger charge is -2.37. The molecule has 1 aliphatic heterocycles. The minimum absolute atomic E-state index is 0.0574. The van der Waals surface area contributed by atoms with E-state index in [1.165, 1.54) is 4.90 Å². The molecule has 0 aromatic carbocycles. The molecule has 2 fully saturated rings. The smallest absolute Gasteiger partial charge is 0.258 e. The third-order valence-electron chi connectivity index (χ3n) is 3.87. The molecular formula is C11H20F2NO4P. The van der Waals surface area contributed by atoms with E-state index in [1.807, 2.05) is 0 Å². The molecule has 0 bridgehead atoms. The molecule has 1 aliphatic carbocycles. The summed E-state index contributed by atoms with van der Waals surface area (Å²) in [5.41, 5.74) is -0.416. The minimum atomic E-state index is -3.01. The molecule has 1 heterocycles. The molecule has 112 valence electrons. The van der Waals surface area contributed by atoms with Gasteiger partial charge in [0.2, 0.25) is 5.91 Å². The van der Waals surface area contributed by atoms with Crippen LogP contribution in [0.4, 0.5) is 8.78 Å². The molecule has 2 rings (SSSR count). The molecule has 19 heavy (non-hydrogen) atoms. The van der Waals surface area contributed by atoms with Crippen LogP contribution < -0.4 is 0 Å². The van der Waals surface area contributed by atoms with Gasteiger partial charge in [0.15, 0.2) is 6.29 Å². The molecule has 4 atom stereocenters. The van der Waals surface area contributed by atoms with Gasteiger partial charge in [-0.1, -0.05) is 15.5 Å². The number of rotatable bonds is 5. The van der Waals surface area contributed by atoms with E-state index in [1.54, 1.807) is 6.92 Å². The van der Waals surface area contributed by atoms with Crippen LogP contribution in [-0.2, 0) is 0 Å². The fourth-order valence-electron chi connectivity index (χ4n) is 2.56. The van der Waals surface area contributed by atoms with Crippen LogP contribution in [0.2, 0.25) is 0 Å². The SMILES string of the molecule is CC(PC1CCCN1C(O)(O)C1CC1(F)F)C(O)O. The summed E-state index contributed by atoms with van der Waals surface area (Å²) in [6.45, 7) is 1.98. The predicted octanol–water partition coefficient (Wildman–Crippen LogP) is 0.0796. The van der Waals surface area contributed by atoms with Crippen molar-refractivity contribution < 1.29 is 29.2 Å². The van der Waals surface area contributed by atoms with Gasteiger partial charge in [-0.3, -0.25) is 0 Å². The first-order chi connectivity index (χ1) is 8.66.